The molecule has 0 bridgehead atoms. The van der Waals surface area contributed by atoms with Gasteiger partial charge in [0.2, 0.25) is 22.7 Å². The molecule has 0 spiro atoms. The van der Waals surface area contributed by atoms with Gasteiger partial charge in [-0.15, -0.1) is 0 Å². The molecular formula is C73H80B3F3N24O30P6S3. The molecule has 12 aliphatic heterocycles. The van der Waals surface area contributed by atoms with Crippen molar-refractivity contribution >= 4 is 202 Å². The Morgan fingerprint density at radius 3 is 1.11 bits per heavy atom. The quantitative estimate of drug-likeness (QED) is 0.0570. The van der Waals surface area contributed by atoms with Gasteiger partial charge in [-0.1, -0.05) is 12.2 Å². The summed E-state index contributed by atoms with van der Waals surface area (Å²) in [6.07, 6.45) is -14.3. The summed E-state index contributed by atoms with van der Waals surface area (Å²) in [5.74, 6) is 0.206. The first-order chi connectivity index (χ1) is 68.0. The summed E-state index contributed by atoms with van der Waals surface area (Å²) in [5.41, 5.74) is 33.7. The van der Waals surface area contributed by atoms with Crippen LogP contribution in [0.2, 0.25) is 0 Å². The summed E-state index contributed by atoms with van der Waals surface area (Å²) in [6, 6.07) is 5.28. The third kappa shape index (κ3) is 18.7. The average Bonchev–Trinajstić information content (AvgIpc) is 1.61. The highest BCUT2D eigenvalue weighted by molar-refractivity contribution is 8.44. The number of nitrogens with one attached hydrogen (secondary N) is 3. The SMILES string of the molecule is [B]P1(=O)OC[C@H]2O[C@@H](n3cc4c5c(ccnc53)NOCC4)[C@@H](O)C2OP(O)(=S)OC[C@H]2O[C@@H](n3cnc4c(N)ncnc43)C(F)[C@H]2O1.[B]P1(=O)OC[C@H]2O[C@@H](n3cnc4c(N)ncnc43)C(F)[C@H]2OP(=O)(S)OC[C@H]2O[C@@H](n3cc4c5c(ccnc53)NOCC4)[C@@H](OC)C2O1.[B]P1(=O)OC[C@H]2O[C@@H](n3cnc4c(N)ncnc43)C(F)[C@H]2OP(O)(=S)OC[C@H]2O[C@@H](n3cc4c5c(ccnc53)NOCC4)[C@@H](O)C2O1. The standard InChI is InChI=1S/C25H28BFN8O10P2S.2C24H26BFN8O10P2S/c1-38-20-19-14(43-25(20)34-6-11-3-5-39-33-12-2-4-29-22(34)15(11)12)8-41-47(37,48)45-18-13(7-40-46(26,36)44-19)42-24(16(18)27)35-10-32-17-21(28)30-9-31-23(17)35;25-45(36)39-6-13-19(17(35)24(42-13)33-5-10-2-4-38-32-11-1-3-28-21(33)14(10)11)44-46(37,47)40-7-12-18(43-45)15(26)23(41-12)34-9-31-16-20(27)29-8-30-22(16)34;25-45(36)39-6-12-18(15(26)23(41-12)34-9-31-16-20(27)29-8-30-22(16)34)44-46(37,47)40-7-13-19(43-45)17(35)24(42-13)33-5-10-2-4-38-32-11-1-3-28-21(33)14(10)11/h2,4,6,9-10,13-14,16,18-20,24-25,33H,3,5,7-8H2,1H3,(H,37,48)(H2,28,30,31);2*1,3,5,8-9,12-13,15,17-19,23-24,32,35H,2,4,6-7H2,(H,37,47)(H2,27,29,30)/t13-,14-,16?,18+,19?,20+,24-,25-,46?,47?;2*12-,13-,15?,17+,18+,19?,23-,24-,45?,46?/m111/s1. The van der Waals surface area contributed by atoms with Crippen molar-refractivity contribution in [3.63, 3.8) is 0 Å². The molecule has 6 radical (unpaired) electrons. The van der Waals surface area contributed by atoms with Crippen LogP contribution in [0.3, 0.4) is 0 Å². The summed E-state index contributed by atoms with van der Waals surface area (Å²) in [6.45, 7) is -14.9. The summed E-state index contributed by atoms with van der Waals surface area (Å²) >= 11 is 14.6. The van der Waals surface area contributed by atoms with E-state index in [9.17, 15) is 38.3 Å². The molecule has 0 aromatic carbocycles. The van der Waals surface area contributed by atoms with Gasteiger partial charge in [-0.3, -0.25) is 76.4 Å². The van der Waals surface area contributed by atoms with Crippen LogP contribution >= 0.6 is 54.9 Å². The van der Waals surface area contributed by atoms with Crippen molar-refractivity contribution in [3.8, 4) is 0 Å². The third-order valence-corrected chi connectivity index (χ3v) is 33.0. The van der Waals surface area contributed by atoms with Crippen LogP contribution in [0.25, 0.3) is 66.6 Å². The normalized spacial score (nSPS) is 37.7. The molecule has 24 heterocycles. The zero-order valence-corrected chi connectivity index (χ0v) is 80.9. The van der Waals surface area contributed by atoms with Crippen molar-refractivity contribution in [2.24, 2.45) is 0 Å². The zero-order valence-electron chi connectivity index (χ0n) is 73.0. The molecule has 12 unspecified atom stereocenters. The highest BCUT2D eigenvalue weighted by Gasteiger charge is 2.59. The van der Waals surface area contributed by atoms with E-state index in [-0.39, 0.29) is 50.9 Å². The second kappa shape index (κ2) is 38.6. The number of nitrogens with zero attached hydrogens (tertiary/aromatic N) is 18. The molecule has 12 aromatic heterocycles. The highest BCUT2D eigenvalue weighted by atomic mass is 32.7. The number of nitrogens with two attached hydrogens (primary N) is 3. The molecule has 9 fully saturated rings. The van der Waals surface area contributed by atoms with Crippen LogP contribution < -0.4 is 33.6 Å². The van der Waals surface area contributed by atoms with Gasteiger partial charge < -0.3 is 120 Å². The van der Waals surface area contributed by atoms with E-state index in [1.807, 2.05) is 6.20 Å². The number of halogens is 3. The lowest BCUT2D eigenvalue weighted by atomic mass is 10.1. The van der Waals surface area contributed by atoms with Gasteiger partial charge >= 0.3 is 20.2 Å². The maximum Gasteiger partial charge on any atom is 0.386 e. The molecular weight excluding hydrogens is 2060 g/mol. The largest absolute Gasteiger partial charge is 0.386 e. The first-order valence-corrected chi connectivity index (χ1v) is 56.0. The highest BCUT2D eigenvalue weighted by Crippen LogP contribution is 2.62. The molecule has 9 saturated heterocycles. The van der Waals surface area contributed by atoms with Gasteiger partial charge in [-0.2, -0.15) is 0 Å². The number of anilines is 6. The van der Waals surface area contributed by atoms with E-state index in [1.165, 1.54) is 58.8 Å². The Labute approximate surface area is 815 Å². The molecule has 12 aromatic rings. The number of aliphatic hydroxyl groups excluding tert-OH is 2. The number of rotatable bonds is 7. The molecule has 24 rings (SSSR count). The fraction of sp³-hybridized carbons (Fsp3) is 0.507. The molecule has 0 aliphatic carbocycles. The first kappa shape index (κ1) is 98.7. The topological polar surface area (TPSA) is 651 Å². The summed E-state index contributed by atoms with van der Waals surface area (Å²) < 4.78 is 221. The van der Waals surface area contributed by atoms with Crippen molar-refractivity contribution in [3.05, 3.63) is 110 Å². The van der Waals surface area contributed by atoms with Crippen LogP contribution in [-0.4, -0.2) is 307 Å². The number of aliphatic hydroxyl groups is 2. The minimum atomic E-state index is -4.52. The van der Waals surface area contributed by atoms with Gasteiger partial charge in [0.25, 0.3) is 22.4 Å². The fourth-order valence-corrected chi connectivity index (χ4v) is 26.2. The summed E-state index contributed by atoms with van der Waals surface area (Å²) in [5, 5.41) is 25.3. The molecule has 750 valence electrons. The minimum Gasteiger partial charge on any atom is -0.386 e. The number of imidazole rings is 3. The molecule has 142 heavy (non-hydrogen) atoms. The molecule has 12 aliphatic rings. The van der Waals surface area contributed by atoms with Crippen molar-refractivity contribution in [1.29, 1.82) is 0 Å². The van der Waals surface area contributed by atoms with Crippen LogP contribution in [-0.2, 0) is 163 Å². The maximum atomic E-state index is 16.1. The van der Waals surface area contributed by atoms with Gasteiger partial charge in [0.1, 0.15) is 144 Å². The average molecular weight is 2150 g/mol. The molecule has 54 nitrogen and oxygen atoms in total. The number of hydrogen-bond donors (Lipinski definition) is 11. The maximum absolute atomic E-state index is 16.1. The number of nitrogen functional groups attached to an aromatic ring is 3. The van der Waals surface area contributed by atoms with E-state index < -0.39 is 230 Å². The van der Waals surface area contributed by atoms with Gasteiger partial charge in [0.15, 0.2) is 90.3 Å². The van der Waals surface area contributed by atoms with Crippen molar-refractivity contribution in [2.45, 2.75) is 167 Å². The van der Waals surface area contributed by atoms with E-state index in [0.717, 1.165) is 38.5 Å². The Morgan fingerprint density at radius 2 is 0.718 bits per heavy atom. The van der Waals surface area contributed by atoms with Gasteiger partial charge in [-0.05, 0) is 58.5 Å². The van der Waals surface area contributed by atoms with E-state index in [0.29, 0.717) is 67.4 Å². The van der Waals surface area contributed by atoms with Gasteiger partial charge in [0.05, 0.1) is 95.5 Å². The Hall–Kier alpha value is -7.97. The molecule has 30 atom stereocenters. The monoisotopic (exact) mass is 2140 g/mol. The molecule has 0 saturated carbocycles. The number of aromatic nitrogens is 18. The predicted molar refractivity (Wildman–Crippen MR) is 494 cm³/mol. The summed E-state index contributed by atoms with van der Waals surface area (Å²) in [7, 11) is 5.97. The second-order valence-electron chi connectivity index (χ2n) is 33.8. The zero-order chi connectivity index (χ0) is 98.7. The molecule has 0 amide bonds. The number of ether oxygens (including phenoxy) is 7. The first-order valence-electron chi connectivity index (χ1n) is 43.3. The van der Waals surface area contributed by atoms with Crippen LogP contribution in [0.1, 0.15) is 54.1 Å². The van der Waals surface area contributed by atoms with Crippen LogP contribution in [0.4, 0.5) is 47.7 Å². The Kier molecular flexibility index (Phi) is 26.8. The lowest BCUT2D eigenvalue weighted by Gasteiger charge is -2.30. The van der Waals surface area contributed by atoms with E-state index in [2.05, 4.69) is 88.5 Å². The fourth-order valence-electron chi connectivity index (χ4n) is 18.8. The van der Waals surface area contributed by atoms with E-state index in [1.54, 1.807) is 62.9 Å². The predicted octanol–water partition coefficient (Wildman–Crippen LogP) is 4.96. The van der Waals surface area contributed by atoms with Crippen molar-refractivity contribution in [1.82, 2.24) is 87.2 Å². The number of pyridine rings is 3. The van der Waals surface area contributed by atoms with Crippen molar-refractivity contribution < 1.29 is 153 Å². The number of alkyl halides is 3. The Bertz CT molecular complexity index is 6920. The minimum absolute atomic E-state index is 0.0654. The van der Waals surface area contributed by atoms with E-state index >= 15 is 13.2 Å². The number of fused-ring (bicyclic) bond motifs is 9. The molecule has 69 heteroatoms. The number of hydrogen-bond acceptors (Lipinski definition) is 48. The number of thiol groups is 1. The third-order valence-electron chi connectivity index (χ3n) is 25.2. The number of methoxy groups -OCH3 is 1. The van der Waals surface area contributed by atoms with Crippen molar-refractivity contribution in [2.75, 3.05) is 100 Å². The Morgan fingerprint density at radius 1 is 0.408 bits per heavy atom. The van der Waals surface area contributed by atoms with Gasteiger partial charge in [-0.25, -0.2) is 77.5 Å². The Balaban J connectivity index is 0.000000122. The lowest BCUT2D eigenvalue weighted by molar-refractivity contribution is -0.0585. The smallest absolute Gasteiger partial charge is 0.386 e. The van der Waals surface area contributed by atoms with Crippen LogP contribution in [0.15, 0.2) is 93.3 Å². The van der Waals surface area contributed by atoms with Crippen LogP contribution in [0, 0.1) is 0 Å². The lowest BCUT2D eigenvalue weighted by Crippen LogP contribution is -2.39. The van der Waals surface area contributed by atoms with Crippen LogP contribution in [0.5, 0.6) is 0 Å². The van der Waals surface area contributed by atoms with E-state index in [4.69, 9.17) is 165 Å². The molecule has 13 N–H and O–H groups in total. The second-order valence-corrected chi connectivity index (χ2v) is 46.9. The summed E-state index contributed by atoms with van der Waals surface area (Å²) in [4.78, 5) is 88.3. The van der Waals surface area contributed by atoms with Gasteiger partial charge in [0, 0.05) is 79.7 Å².